The molecule has 0 aromatic rings. The van der Waals surface area contributed by atoms with Crippen molar-refractivity contribution < 1.29 is 14.3 Å². The second-order valence-corrected chi connectivity index (χ2v) is 5.89. The van der Waals surface area contributed by atoms with Gasteiger partial charge in [0.2, 0.25) is 0 Å². The molecule has 0 fully saturated rings. The van der Waals surface area contributed by atoms with Gasteiger partial charge in [0.25, 0.3) is 9.70 Å². The van der Waals surface area contributed by atoms with Gasteiger partial charge in [-0.15, -0.1) is 0 Å². The zero-order chi connectivity index (χ0) is 13.8. The van der Waals surface area contributed by atoms with Gasteiger partial charge in [0.1, 0.15) is 0 Å². The summed E-state index contributed by atoms with van der Waals surface area (Å²) < 4.78 is 2.85. The fourth-order valence-electron chi connectivity index (χ4n) is 1.10. The number of carbonyl (C=O) groups is 2. The predicted octanol–water partition coefficient (Wildman–Crippen LogP) is 2.58. The van der Waals surface area contributed by atoms with Crippen LogP contribution in [0.2, 0.25) is 0 Å². The second-order valence-electron chi connectivity index (χ2n) is 3.61. The molecule has 0 saturated carbocycles. The number of amides is 1. The zero-order valence-electron chi connectivity index (χ0n) is 9.94. The van der Waals surface area contributed by atoms with Crippen LogP contribution in [0.4, 0.5) is 0 Å². The lowest BCUT2D eigenvalue weighted by Crippen LogP contribution is -2.36. The molecule has 0 aliphatic carbocycles. The van der Waals surface area contributed by atoms with Gasteiger partial charge in [0.05, 0.1) is 12.8 Å². The molecule has 0 aromatic carbocycles. The Hall–Kier alpha value is -0.450. The highest BCUT2D eigenvalue weighted by Crippen LogP contribution is 2.27. The molecule has 4 nitrogen and oxygen atoms in total. The van der Waals surface area contributed by atoms with E-state index in [0.717, 1.165) is 0 Å². The molecule has 98 valence electrons. The third-order valence-electron chi connectivity index (χ3n) is 1.85. The van der Waals surface area contributed by atoms with Gasteiger partial charge < -0.3 is 10.1 Å². The maximum Gasteiger partial charge on any atom is 0.276 e. The lowest BCUT2D eigenvalue weighted by atomic mass is 10.1. The SMILES string of the molecule is CO/C(C(C)=O)=C(/NC(=O)C(Cl)(Cl)Cl)C(C)C. The van der Waals surface area contributed by atoms with Gasteiger partial charge >= 0.3 is 0 Å². The number of nitrogens with one attached hydrogen (secondary N) is 1. The molecule has 1 amide bonds. The molecule has 0 radical (unpaired) electrons. The summed E-state index contributed by atoms with van der Waals surface area (Å²) in [5.41, 5.74) is 0.288. The van der Waals surface area contributed by atoms with E-state index in [1.54, 1.807) is 13.8 Å². The number of alkyl halides is 3. The van der Waals surface area contributed by atoms with Crippen molar-refractivity contribution in [3.05, 3.63) is 11.5 Å². The van der Waals surface area contributed by atoms with Crippen LogP contribution < -0.4 is 5.32 Å². The predicted molar refractivity (Wildman–Crippen MR) is 68.0 cm³/mol. The number of ketones is 1. The van der Waals surface area contributed by atoms with E-state index in [1.165, 1.54) is 14.0 Å². The van der Waals surface area contributed by atoms with Crippen molar-refractivity contribution >= 4 is 46.5 Å². The molecule has 0 unspecified atom stereocenters. The van der Waals surface area contributed by atoms with Crippen molar-refractivity contribution in [3.8, 4) is 0 Å². The minimum Gasteiger partial charge on any atom is -0.491 e. The Bertz CT molecular complexity index is 345. The third kappa shape index (κ3) is 5.15. The first-order chi connectivity index (χ1) is 7.61. The molecule has 0 aliphatic heterocycles. The van der Waals surface area contributed by atoms with Crippen LogP contribution in [0.1, 0.15) is 20.8 Å². The van der Waals surface area contributed by atoms with Gasteiger partial charge in [-0.1, -0.05) is 48.7 Å². The Labute approximate surface area is 115 Å². The summed E-state index contributed by atoms with van der Waals surface area (Å²) in [7, 11) is 1.33. The van der Waals surface area contributed by atoms with Crippen LogP contribution in [-0.4, -0.2) is 22.6 Å². The number of ether oxygens (including phenoxy) is 1. The zero-order valence-corrected chi connectivity index (χ0v) is 12.2. The Kier molecular flexibility index (Phi) is 6.30. The normalized spacial score (nSPS) is 13.2. The lowest BCUT2D eigenvalue weighted by molar-refractivity contribution is -0.119. The van der Waals surface area contributed by atoms with E-state index >= 15 is 0 Å². The van der Waals surface area contributed by atoms with E-state index in [1.807, 2.05) is 0 Å². The second kappa shape index (κ2) is 6.47. The van der Waals surface area contributed by atoms with Crippen LogP contribution in [0.25, 0.3) is 0 Å². The molecule has 0 saturated heterocycles. The molecule has 1 N–H and O–H groups in total. The number of carbonyl (C=O) groups excluding carboxylic acids is 2. The summed E-state index contributed by atoms with van der Waals surface area (Å²) in [6.45, 7) is 4.87. The first-order valence-electron chi connectivity index (χ1n) is 4.78. The molecule has 0 heterocycles. The van der Waals surface area contributed by atoms with Crippen molar-refractivity contribution in [2.45, 2.75) is 24.6 Å². The Morgan fingerprint density at radius 1 is 1.24 bits per heavy atom. The van der Waals surface area contributed by atoms with Gasteiger partial charge in [-0.05, 0) is 5.92 Å². The molecule has 0 aliphatic rings. The molecule has 7 heteroatoms. The summed E-state index contributed by atoms with van der Waals surface area (Å²) in [5.74, 6) is -1.27. The van der Waals surface area contributed by atoms with E-state index < -0.39 is 9.70 Å². The molecule has 0 atom stereocenters. The first kappa shape index (κ1) is 16.6. The fourth-order valence-corrected chi connectivity index (χ4v) is 1.24. The number of allylic oxidation sites excluding steroid dienone is 2. The quantitative estimate of drug-likeness (QED) is 0.493. The maximum atomic E-state index is 11.5. The number of rotatable bonds is 4. The molecule has 0 spiro atoms. The van der Waals surface area contributed by atoms with Gasteiger partial charge in [-0.25, -0.2) is 0 Å². The largest absolute Gasteiger partial charge is 0.491 e. The van der Waals surface area contributed by atoms with Crippen molar-refractivity contribution in [1.29, 1.82) is 0 Å². The Morgan fingerprint density at radius 2 is 1.71 bits per heavy atom. The van der Waals surface area contributed by atoms with Crippen LogP contribution in [0, 0.1) is 5.92 Å². The maximum absolute atomic E-state index is 11.5. The highest BCUT2D eigenvalue weighted by molar-refractivity contribution is 6.76. The van der Waals surface area contributed by atoms with E-state index in [2.05, 4.69) is 5.32 Å². The van der Waals surface area contributed by atoms with Gasteiger partial charge in [-0.2, -0.15) is 0 Å². The minimum absolute atomic E-state index is 0.0441. The van der Waals surface area contributed by atoms with Crippen molar-refractivity contribution in [2.24, 2.45) is 5.92 Å². The molecule has 0 rings (SSSR count). The van der Waals surface area contributed by atoms with Gasteiger partial charge in [-0.3, -0.25) is 9.59 Å². The van der Waals surface area contributed by atoms with E-state index in [9.17, 15) is 9.59 Å². The minimum atomic E-state index is -2.09. The number of Topliss-reactive ketones (excluding diaryl/α,β-unsaturated/α-hetero) is 1. The summed E-state index contributed by atoms with van der Waals surface area (Å²) in [6, 6.07) is 0. The number of halogens is 3. The van der Waals surface area contributed by atoms with Crippen molar-refractivity contribution in [3.63, 3.8) is 0 Å². The van der Waals surface area contributed by atoms with E-state index in [0.29, 0.717) is 0 Å². The van der Waals surface area contributed by atoms with Crippen LogP contribution in [-0.2, 0) is 14.3 Å². The Balaban J connectivity index is 5.28. The van der Waals surface area contributed by atoms with Crippen LogP contribution in [0.15, 0.2) is 11.5 Å². The highest BCUT2D eigenvalue weighted by atomic mass is 35.6. The smallest absolute Gasteiger partial charge is 0.276 e. The number of hydrogen-bond donors (Lipinski definition) is 1. The molecule has 0 aromatic heterocycles. The van der Waals surface area contributed by atoms with Crippen LogP contribution in [0.3, 0.4) is 0 Å². The topological polar surface area (TPSA) is 55.4 Å². The van der Waals surface area contributed by atoms with E-state index in [4.69, 9.17) is 39.5 Å². The summed E-state index contributed by atoms with van der Waals surface area (Å²) in [4.78, 5) is 22.8. The molecular weight excluding hydrogens is 288 g/mol. The van der Waals surface area contributed by atoms with Crippen LogP contribution in [0.5, 0.6) is 0 Å². The first-order valence-corrected chi connectivity index (χ1v) is 5.91. The van der Waals surface area contributed by atoms with Gasteiger partial charge in [0, 0.05) is 6.92 Å². The monoisotopic (exact) mass is 301 g/mol. The number of methoxy groups -OCH3 is 1. The third-order valence-corrected chi connectivity index (χ3v) is 2.37. The molecular formula is C10H14Cl3NO3. The summed E-state index contributed by atoms with van der Waals surface area (Å²) >= 11 is 16.3. The fraction of sp³-hybridized carbons (Fsp3) is 0.600. The summed E-state index contributed by atoms with van der Waals surface area (Å²) in [5, 5.41) is 2.39. The van der Waals surface area contributed by atoms with Gasteiger partial charge in [0.15, 0.2) is 11.5 Å². The highest BCUT2D eigenvalue weighted by Gasteiger charge is 2.32. The number of hydrogen-bond acceptors (Lipinski definition) is 3. The van der Waals surface area contributed by atoms with Crippen molar-refractivity contribution in [1.82, 2.24) is 5.32 Å². The van der Waals surface area contributed by atoms with Crippen LogP contribution >= 0.6 is 34.8 Å². The molecule has 0 bridgehead atoms. The Morgan fingerprint density at radius 3 is 1.94 bits per heavy atom. The lowest BCUT2D eigenvalue weighted by Gasteiger charge is -2.19. The standard InChI is InChI=1S/C10H14Cl3NO3/c1-5(2)7(8(17-4)6(3)15)14-9(16)10(11,12)13/h5H,1-4H3,(H,14,16)/b8-7+. The summed E-state index contributed by atoms with van der Waals surface area (Å²) in [6.07, 6.45) is 0. The average Bonchev–Trinajstić information content (AvgIpc) is 2.14. The van der Waals surface area contributed by atoms with E-state index in [-0.39, 0.29) is 23.2 Å². The molecule has 17 heavy (non-hydrogen) atoms. The average molecular weight is 303 g/mol. The van der Waals surface area contributed by atoms with Crippen molar-refractivity contribution in [2.75, 3.05) is 7.11 Å².